The van der Waals surface area contributed by atoms with Gasteiger partial charge in [-0.25, -0.2) is 0 Å². The Kier molecular flexibility index (Phi) is 5.44. The summed E-state index contributed by atoms with van der Waals surface area (Å²) >= 11 is 0. The minimum absolute atomic E-state index is 0.115. The highest BCUT2D eigenvalue weighted by Crippen LogP contribution is 2.32. The van der Waals surface area contributed by atoms with Gasteiger partial charge in [-0.3, -0.25) is 14.9 Å². The third-order valence-electron chi connectivity index (χ3n) is 4.52. The van der Waals surface area contributed by atoms with Crippen LogP contribution in [0.5, 0.6) is 11.5 Å². The van der Waals surface area contributed by atoms with E-state index in [4.69, 9.17) is 9.47 Å². The largest absolute Gasteiger partial charge is 0.493 e. The number of nitrogens with zero attached hydrogens (tertiary/aromatic N) is 2. The van der Waals surface area contributed by atoms with Crippen molar-refractivity contribution in [3.8, 4) is 11.5 Å². The number of nitro groups is 1. The topological polar surface area (TPSA) is 93.9 Å². The van der Waals surface area contributed by atoms with E-state index in [0.29, 0.717) is 22.9 Å². The van der Waals surface area contributed by atoms with E-state index in [0.717, 1.165) is 25.9 Å². The van der Waals surface area contributed by atoms with Crippen molar-refractivity contribution >= 4 is 23.0 Å². The third-order valence-corrected chi connectivity index (χ3v) is 4.52. The Morgan fingerprint density at radius 2 is 1.78 bits per heavy atom. The maximum absolute atomic E-state index is 12.9. The average Bonchev–Trinajstić information content (AvgIpc) is 3.21. The molecule has 0 saturated carbocycles. The van der Waals surface area contributed by atoms with E-state index < -0.39 is 10.8 Å². The van der Waals surface area contributed by atoms with Crippen molar-refractivity contribution in [1.29, 1.82) is 0 Å². The lowest BCUT2D eigenvalue weighted by Crippen LogP contribution is -2.23. The summed E-state index contributed by atoms with van der Waals surface area (Å²) in [5.41, 5.74) is 1.38. The van der Waals surface area contributed by atoms with Crippen LogP contribution in [0.3, 0.4) is 0 Å². The Bertz CT molecular complexity index is 862. The number of amides is 1. The van der Waals surface area contributed by atoms with Crippen LogP contribution in [0.4, 0.5) is 17.1 Å². The van der Waals surface area contributed by atoms with Crippen LogP contribution in [0.15, 0.2) is 36.4 Å². The van der Waals surface area contributed by atoms with Crippen LogP contribution in [0.1, 0.15) is 23.2 Å². The SMILES string of the molecule is COc1ccc(NC(=O)c2cc([N+](=O)[O-])ccc2N2CCCC2)cc1OC. The van der Waals surface area contributed by atoms with Gasteiger partial charge in [-0.05, 0) is 31.0 Å². The van der Waals surface area contributed by atoms with Gasteiger partial charge in [0.1, 0.15) is 0 Å². The summed E-state index contributed by atoms with van der Waals surface area (Å²) < 4.78 is 10.4. The van der Waals surface area contributed by atoms with Crippen molar-refractivity contribution in [2.24, 2.45) is 0 Å². The van der Waals surface area contributed by atoms with Crippen molar-refractivity contribution in [2.75, 3.05) is 37.5 Å². The predicted octanol–water partition coefficient (Wildman–Crippen LogP) is 3.46. The molecule has 8 nitrogen and oxygen atoms in total. The van der Waals surface area contributed by atoms with Gasteiger partial charge in [-0.2, -0.15) is 0 Å². The van der Waals surface area contributed by atoms with Gasteiger partial charge in [-0.1, -0.05) is 0 Å². The molecule has 1 aliphatic heterocycles. The Labute approximate surface area is 156 Å². The molecule has 1 aliphatic rings. The molecule has 0 aliphatic carbocycles. The molecule has 1 fully saturated rings. The first-order valence-corrected chi connectivity index (χ1v) is 8.60. The molecule has 3 rings (SSSR count). The van der Waals surface area contributed by atoms with Crippen LogP contribution >= 0.6 is 0 Å². The van der Waals surface area contributed by atoms with Gasteiger partial charge >= 0.3 is 0 Å². The van der Waals surface area contributed by atoms with E-state index in [1.807, 2.05) is 0 Å². The second-order valence-electron chi connectivity index (χ2n) is 6.18. The number of carbonyl (C=O) groups is 1. The normalized spacial score (nSPS) is 13.3. The van der Waals surface area contributed by atoms with Crippen molar-refractivity contribution in [3.63, 3.8) is 0 Å². The molecule has 0 unspecified atom stereocenters. The molecule has 0 aromatic heterocycles. The lowest BCUT2D eigenvalue weighted by Gasteiger charge is -2.21. The monoisotopic (exact) mass is 371 g/mol. The second kappa shape index (κ2) is 7.94. The highest BCUT2D eigenvalue weighted by molar-refractivity contribution is 6.08. The maximum Gasteiger partial charge on any atom is 0.270 e. The standard InChI is InChI=1S/C19H21N3O5/c1-26-17-8-5-13(11-18(17)27-2)20-19(23)15-12-14(22(24)25)6-7-16(15)21-9-3-4-10-21/h5-8,11-12H,3-4,9-10H2,1-2H3,(H,20,23). The number of anilines is 2. The molecule has 0 bridgehead atoms. The summed E-state index contributed by atoms with van der Waals surface area (Å²) in [6.07, 6.45) is 2.07. The summed E-state index contributed by atoms with van der Waals surface area (Å²) in [5.74, 6) is 0.616. The van der Waals surface area contributed by atoms with Crippen molar-refractivity contribution in [3.05, 3.63) is 52.1 Å². The fourth-order valence-corrected chi connectivity index (χ4v) is 3.17. The number of rotatable bonds is 6. The minimum Gasteiger partial charge on any atom is -0.493 e. The van der Waals surface area contributed by atoms with Gasteiger partial charge < -0.3 is 19.7 Å². The van der Waals surface area contributed by atoms with E-state index in [9.17, 15) is 14.9 Å². The summed E-state index contributed by atoms with van der Waals surface area (Å²) in [6.45, 7) is 1.66. The Hall–Kier alpha value is -3.29. The van der Waals surface area contributed by atoms with Gasteiger partial charge in [0, 0.05) is 37.0 Å². The van der Waals surface area contributed by atoms with E-state index in [1.54, 1.807) is 24.3 Å². The van der Waals surface area contributed by atoms with E-state index >= 15 is 0 Å². The summed E-state index contributed by atoms with van der Waals surface area (Å²) in [5, 5.41) is 13.9. The number of carbonyl (C=O) groups excluding carboxylic acids is 1. The number of nitrogens with one attached hydrogen (secondary N) is 1. The number of hydrogen-bond acceptors (Lipinski definition) is 6. The van der Waals surface area contributed by atoms with Crippen LogP contribution in [0.2, 0.25) is 0 Å². The molecule has 1 heterocycles. The molecule has 2 aromatic rings. The third kappa shape index (κ3) is 3.94. The van der Waals surface area contributed by atoms with Gasteiger partial charge in [0.25, 0.3) is 11.6 Å². The van der Waals surface area contributed by atoms with Crippen molar-refractivity contribution in [2.45, 2.75) is 12.8 Å². The summed E-state index contributed by atoms with van der Waals surface area (Å²) in [4.78, 5) is 25.6. The molecule has 142 valence electrons. The van der Waals surface area contributed by atoms with Crippen molar-refractivity contribution in [1.82, 2.24) is 0 Å². The fraction of sp³-hybridized carbons (Fsp3) is 0.316. The molecule has 2 aromatic carbocycles. The second-order valence-corrected chi connectivity index (χ2v) is 6.18. The highest BCUT2D eigenvalue weighted by atomic mass is 16.6. The predicted molar refractivity (Wildman–Crippen MR) is 102 cm³/mol. The molecule has 8 heteroatoms. The maximum atomic E-state index is 12.9. The highest BCUT2D eigenvalue weighted by Gasteiger charge is 2.23. The number of hydrogen-bond donors (Lipinski definition) is 1. The number of methoxy groups -OCH3 is 2. The van der Waals surface area contributed by atoms with Gasteiger partial charge in [0.15, 0.2) is 11.5 Å². The number of benzene rings is 2. The lowest BCUT2D eigenvalue weighted by atomic mass is 10.1. The minimum atomic E-state index is -0.499. The van der Waals surface area contributed by atoms with E-state index in [2.05, 4.69) is 10.2 Å². The molecule has 0 spiro atoms. The van der Waals surface area contributed by atoms with Gasteiger partial charge in [-0.15, -0.1) is 0 Å². The number of non-ortho nitro benzene ring substituents is 1. The van der Waals surface area contributed by atoms with Crippen LogP contribution in [0, 0.1) is 10.1 Å². The molecular weight excluding hydrogens is 350 g/mol. The first-order chi connectivity index (χ1) is 13.0. The van der Waals surface area contributed by atoms with Crippen molar-refractivity contribution < 1.29 is 19.2 Å². The van der Waals surface area contributed by atoms with Crippen LogP contribution in [-0.4, -0.2) is 38.1 Å². The molecule has 1 saturated heterocycles. The number of nitro benzene ring substituents is 1. The van der Waals surface area contributed by atoms with E-state index in [1.165, 1.54) is 26.4 Å². The Morgan fingerprint density at radius 1 is 1.07 bits per heavy atom. The number of ether oxygens (including phenoxy) is 2. The van der Waals surface area contributed by atoms with Crippen LogP contribution in [0.25, 0.3) is 0 Å². The quantitative estimate of drug-likeness (QED) is 0.617. The lowest BCUT2D eigenvalue weighted by molar-refractivity contribution is -0.384. The molecular formula is C19H21N3O5. The first kappa shape index (κ1) is 18.5. The smallest absolute Gasteiger partial charge is 0.270 e. The fourth-order valence-electron chi connectivity index (χ4n) is 3.17. The Morgan fingerprint density at radius 3 is 2.41 bits per heavy atom. The average molecular weight is 371 g/mol. The zero-order valence-corrected chi connectivity index (χ0v) is 15.2. The van der Waals surface area contributed by atoms with E-state index in [-0.39, 0.29) is 11.3 Å². The zero-order chi connectivity index (χ0) is 19.4. The molecule has 1 amide bonds. The Balaban J connectivity index is 1.93. The zero-order valence-electron chi connectivity index (χ0n) is 15.2. The van der Waals surface area contributed by atoms with Crippen LogP contribution in [-0.2, 0) is 0 Å². The molecule has 27 heavy (non-hydrogen) atoms. The first-order valence-electron chi connectivity index (χ1n) is 8.60. The molecule has 1 N–H and O–H groups in total. The van der Waals surface area contributed by atoms with Gasteiger partial charge in [0.2, 0.25) is 0 Å². The summed E-state index contributed by atoms with van der Waals surface area (Å²) in [6, 6.07) is 9.41. The molecule has 0 radical (unpaired) electrons. The van der Waals surface area contributed by atoms with Gasteiger partial charge in [0.05, 0.1) is 30.4 Å². The molecule has 0 atom stereocenters. The summed E-state index contributed by atoms with van der Waals surface area (Å²) in [7, 11) is 3.04. The van der Waals surface area contributed by atoms with Crippen LogP contribution < -0.4 is 19.7 Å².